The van der Waals surface area contributed by atoms with Crippen molar-refractivity contribution in [3.63, 3.8) is 0 Å². The van der Waals surface area contributed by atoms with Gasteiger partial charge >= 0.3 is 12.1 Å². The molecule has 0 heterocycles. The highest BCUT2D eigenvalue weighted by Crippen LogP contribution is 2.19. The van der Waals surface area contributed by atoms with Crippen LogP contribution in [0.2, 0.25) is 0 Å². The predicted octanol–water partition coefficient (Wildman–Crippen LogP) is 3.36. The minimum absolute atomic E-state index is 0.110. The lowest BCUT2D eigenvalue weighted by atomic mass is 10.0. The molecule has 0 saturated heterocycles. The summed E-state index contributed by atoms with van der Waals surface area (Å²) in [6.45, 7) is 0. The first-order valence-electron chi connectivity index (χ1n) is 6.16. The van der Waals surface area contributed by atoms with Gasteiger partial charge in [0.15, 0.2) is 0 Å². The fourth-order valence-electron chi connectivity index (χ4n) is 1.78. The van der Waals surface area contributed by atoms with Crippen LogP contribution in [0.1, 0.15) is 11.1 Å². The quantitative estimate of drug-likeness (QED) is 0.853. The fraction of sp³-hybridized carbons (Fsp3) is 0.133. The molecule has 110 valence electrons. The predicted molar refractivity (Wildman–Crippen MR) is 74.8 cm³/mol. The average Bonchev–Trinajstić information content (AvgIpc) is 2.42. The molecule has 0 aliphatic carbocycles. The molecule has 0 saturated carbocycles. The number of carbonyl (C=O) groups excluding carboxylic acids is 1. The van der Waals surface area contributed by atoms with Crippen molar-refractivity contribution >= 4 is 17.3 Å². The maximum atomic E-state index is 12.1. The number of nitrogens with two attached hydrogens (primary N) is 1. The third-order valence-corrected chi connectivity index (χ3v) is 2.86. The number of carbonyl (C=O) groups is 1. The first-order chi connectivity index (χ1) is 9.84. The molecule has 0 aliphatic rings. The van der Waals surface area contributed by atoms with Gasteiger partial charge in [0, 0.05) is 11.4 Å². The van der Waals surface area contributed by atoms with Gasteiger partial charge < -0.3 is 11.1 Å². The molecular formula is C15H13F3N2O. The first-order valence-corrected chi connectivity index (χ1v) is 6.16. The molecule has 0 aliphatic heterocycles. The summed E-state index contributed by atoms with van der Waals surface area (Å²) in [4.78, 5) is 10.8. The van der Waals surface area contributed by atoms with Gasteiger partial charge in [0.25, 0.3) is 0 Å². The molecule has 0 fully saturated rings. The Morgan fingerprint density at radius 2 is 1.43 bits per heavy atom. The number of hydrogen-bond acceptors (Lipinski definition) is 2. The number of alkyl halides is 3. The average molecular weight is 294 g/mol. The number of nitrogen functional groups attached to an aromatic ring is 1. The smallest absolute Gasteiger partial charge is 0.399 e. The van der Waals surface area contributed by atoms with E-state index in [1.807, 2.05) is 12.1 Å². The molecule has 0 atom stereocenters. The highest BCUT2D eigenvalue weighted by Gasteiger charge is 2.38. The topological polar surface area (TPSA) is 55.1 Å². The lowest BCUT2D eigenvalue weighted by Crippen LogP contribution is -2.29. The minimum atomic E-state index is -4.89. The van der Waals surface area contributed by atoms with Crippen LogP contribution in [-0.4, -0.2) is 12.1 Å². The summed E-state index contributed by atoms with van der Waals surface area (Å²) in [6.07, 6.45) is -4.25. The summed E-state index contributed by atoms with van der Waals surface area (Å²) in [5.41, 5.74) is 8.33. The van der Waals surface area contributed by atoms with E-state index in [9.17, 15) is 18.0 Å². The summed E-state index contributed by atoms with van der Waals surface area (Å²) in [6, 6.07) is 13.6. The molecule has 3 nitrogen and oxygen atoms in total. The minimum Gasteiger partial charge on any atom is -0.399 e. The molecule has 2 aromatic carbocycles. The second-order valence-corrected chi connectivity index (χ2v) is 4.57. The molecule has 3 N–H and O–H groups in total. The second-order valence-electron chi connectivity index (χ2n) is 4.57. The lowest BCUT2D eigenvalue weighted by Gasteiger charge is -2.08. The Kier molecular flexibility index (Phi) is 4.16. The molecule has 2 rings (SSSR count). The Hall–Kier alpha value is -2.50. The van der Waals surface area contributed by atoms with Crippen LogP contribution < -0.4 is 11.1 Å². The third-order valence-electron chi connectivity index (χ3n) is 2.86. The maximum Gasteiger partial charge on any atom is 0.471 e. The van der Waals surface area contributed by atoms with E-state index < -0.39 is 12.1 Å². The Bertz CT molecular complexity index is 619. The lowest BCUT2D eigenvalue weighted by molar-refractivity contribution is -0.167. The van der Waals surface area contributed by atoms with Crippen molar-refractivity contribution in [3.05, 3.63) is 59.7 Å². The molecular weight excluding hydrogens is 281 g/mol. The van der Waals surface area contributed by atoms with E-state index in [0.717, 1.165) is 11.1 Å². The standard InChI is InChI=1S/C15H13F3N2O/c16-15(17,18)14(21)20-13-7-3-11(4-8-13)9-10-1-5-12(19)6-2-10/h1-8H,9,19H2,(H,20,21). The van der Waals surface area contributed by atoms with Crippen molar-refractivity contribution in [2.75, 3.05) is 11.1 Å². The van der Waals surface area contributed by atoms with Gasteiger partial charge in [0.2, 0.25) is 0 Å². The van der Waals surface area contributed by atoms with Gasteiger partial charge in [-0.2, -0.15) is 13.2 Å². The van der Waals surface area contributed by atoms with Gasteiger partial charge in [-0.25, -0.2) is 0 Å². The Labute approximate surface area is 119 Å². The molecule has 0 spiro atoms. The van der Waals surface area contributed by atoms with Crippen LogP contribution in [0.15, 0.2) is 48.5 Å². The monoisotopic (exact) mass is 294 g/mol. The summed E-state index contributed by atoms with van der Waals surface area (Å²) < 4.78 is 36.3. The van der Waals surface area contributed by atoms with Crippen LogP contribution in [0.3, 0.4) is 0 Å². The second kappa shape index (κ2) is 5.87. The van der Waals surface area contributed by atoms with Gasteiger partial charge in [-0.15, -0.1) is 0 Å². The zero-order chi connectivity index (χ0) is 15.5. The van der Waals surface area contributed by atoms with Gasteiger partial charge in [-0.1, -0.05) is 24.3 Å². The summed E-state index contributed by atoms with van der Waals surface area (Å²) in [7, 11) is 0. The molecule has 0 unspecified atom stereocenters. The van der Waals surface area contributed by atoms with Crippen LogP contribution in [0.4, 0.5) is 24.5 Å². The summed E-state index contributed by atoms with van der Waals surface area (Å²) >= 11 is 0. The van der Waals surface area contributed by atoms with Crippen LogP contribution >= 0.6 is 0 Å². The van der Waals surface area contributed by atoms with Crippen molar-refractivity contribution in [2.45, 2.75) is 12.6 Å². The zero-order valence-corrected chi connectivity index (χ0v) is 10.9. The number of amides is 1. The number of benzene rings is 2. The van der Waals surface area contributed by atoms with Gasteiger partial charge in [0.1, 0.15) is 0 Å². The van der Waals surface area contributed by atoms with E-state index >= 15 is 0 Å². The van der Waals surface area contributed by atoms with E-state index in [2.05, 4.69) is 0 Å². The van der Waals surface area contributed by atoms with Crippen molar-refractivity contribution < 1.29 is 18.0 Å². The fourth-order valence-corrected chi connectivity index (χ4v) is 1.78. The van der Waals surface area contributed by atoms with Crippen LogP contribution in [0.5, 0.6) is 0 Å². The van der Waals surface area contributed by atoms with Crippen LogP contribution in [0.25, 0.3) is 0 Å². The van der Waals surface area contributed by atoms with Crippen LogP contribution in [0, 0.1) is 0 Å². The molecule has 21 heavy (non-hydrogen) atoms. The molecule has 0 aromatic heterocycles. The molecule has 0 bridgehead atoms. The zero-order valence-electron chi connectivity index (χ0n) is 10.9. The normalized spacial score (nSPS) is 11.2. The number of nitrogens with one attached hydrogen (secondary N) is 1. The molecule has 6 heteroatoms. The number of anilines is 2. The third kappa shape index (κ3) is 4.24. The highest BCUT2D eigenvalue weighted by molar-refractivity contribution is 5.94. The first kappa shape index (κ1) is 14.9. The van der Waals surface area contributed by atoms with E-state index in [1.54, 1.807) is 29.6 Å². The van der Waals surface area contributed by atoms with Crippen molar-refractivity contribution in [1.29, 1.82) is 0 Å². The Balaban J connectivity index is 2.02. The molecule has 2 aromatic rings. The highest BCUT2D eigenvalue weighted by atomic mass is 19.4. The molecule has 1 amide bonds. The number of halogens is 3. The largest absolute Gasteiger partial charge is 0.471 e. The number of hydrogen-bond donors (Lipinski definition) is 2. The Morgan fingerprint density at radius 1 is 0.952 bits per heavy atom. The van der Waals surface area contributed by atoms with Crippen molar-refractivity contribution in [2.24, 2.45) is 0 Å². The van der Waals surface area contributed by atoms with E-state index in [4.69, 9.17) is 5.73 Å². The molecule has 0 radical (unpaired) electrons. The van der Waals surface area contributed by atoms with Crippen LogP contribution in [-0.2, 0) is 11.2 Å². The van der Waals surface area contributed by atoms with Crippen molar-refractivity contribution in [3.8, 4) is 0 Å². The summed E-state index contributed by atoms with van der Waals surface area (Å²) in [5.74, 6) is -1.98. The number of rotatable bonds is 3. The summed E-state index contributed by atoms with van der Waals surface area (Å²) in [5, 5.41) is 1.80. The van der Waals surface area contributed by atoms with E-state index in [-0.39, 0.29) is 5.69 Å². The van der Waals surface area contributed by atoms with Gasteiger partial charge in [-0.3, -0.25) is 4.79 Å². The Morgan fingerprint density at radius 3 is 1.90 bits per heavy atom. The van der Waals surface area contributed by atoms with E-state index in [1.165, 1.54) is 12.1 Å². The van der Waals surface area contributed by atoms with E-state index in [0.29, 0.717) is 12.1 Å². The van der Waals surface area contributed by atoms with Gasteiger partial charge in [-0.05, 0) is 41.8 Å². The van der Waals surface area contributed by atoms with Gasteiger partial charge in [0.05, 0.1) is 0 Å². The maximum absolute atomic E-state index is 12.1. The van der Waals surface area contributed by atoms with Crippen molar-refractivity contribution in [1.82, 2.24) is 0 Å². The SMILES string of the molecule is Nc1ccc(Cc2ccc(NC(=O)C(F)(F)F)cc2)cc1.